The summed E-state index contributed by atoms with van der Waals surface area (Å²) in [6.07, 6.45) is 0. The Kier molecular flexibility index (Phi) is 5.52. The van der Waals surface area contributed by atoms with Crippen LogP contribution < -0.4 is 16.9 Å². The Bertz CT molecular complexity index is 184. The van der Waals surface area contributed by atoms with Crippen molar-refractivity contribution in [1.29, 1.82) is 0 Å². The highest BCUT2D eigenvalue weighted by molar-refractivity contribution is 6.32. The molecular formula is C8H13BN2. The second-order valence-electron chi connectivity index (χ2n) is 1.95. The van der Waals surface area contributed by atoms with Crippen molar-refractivity contribution in [2.75, 3.05) is 7.05 Å². The van der Waals surface area contributed by atoms with E-state index in [1.807, 2.05) is 24.3 Å². The molecule has 1 rings (SSSR count). The summed E-state index contributed by atoms with van der Waals surface area (Å²) in [4.78, 5) is 0. The van der Waals surface area contributed by atoms with Gasteiger partial charge in [-0.15, -0.1) is 0 Å². The van der Waals surface area contributed by atoms with E-state index in [1.54, 1.807) is 0 Å². The van der Waals surface area contributed by atoms with Gasteiger partial charge in [0.1, 0.15) is 7.85 Å². The normalized spacial score (nSPS) is 8.27. The first kappa shape index (κ1) is 10.2. The molecule has 0 aliphatic heterocycles. The van der Waals surface area contributed by atoms with Gasteiger partial charge in [0.05, 0.1) is 0 Å². The predicted molar refractivity (Wildman–Crippen MR) is 49.8 cm³/mol. The first-order chi connectivity index (χ1) is 5.33. The van der Waals surface area contributed by atoms with Crippen LogP contribution in [-0.4, -0.2) is 14.9 Å². The highest BCUT2D eigenvalue weighted by Crippen LogP contribution is 1.92. The lowest BCUT2D eigenvalue weighted by Gasteiger charge is -1.94. The lowest BCUT2D eigenvalue weighted by Crippen LogP contribution is -2.02. The van der Waals surface area contributed by atoms with Crippen LogP contribution in [0.5, 0.6) is 0 Å². The monoisotopic (exact) mass is 148 g/mol. The van der Waals surface area contributed by atoms with Crippen LogP contribution in [0.25, 0.3) is 0 Å². The van der Waals surface area contributed by atoms with Crippen LogP contribution >= 0.6 is 0 Å². The van der Waals surface area contributed by atoms with Crippen molar-refractivity contribution < 1.29 is 0 Å². The predicted octanol–water partition coefficient (Wildman–Crippen LogP) is -0.486. The number of nitrogens with two attached hydrogens (primary N) is 2. The fraction of sp³-hybridized carbons (Fsp3) is 0.250. The molecule has 1 aromatic rings. The van der Waals surface area contributed by atoms with Gasteiger partial charge in [-0.05, 0) is 12.6 Å². The molecule has 4 N–H and O–H groups in total. The second-order valence-corrected chi connectivity index (χ2v) is 1.95. The lowest BCUT2D eigenvalue weighted by atomic mass is 9.95. The highest BCUT2D eigenvalue weighted by Gasteiger charge is 1.84. The standard InChI is InChI=1S/C7H8BN.CH5N/c8-7-3-1-6(5-9)2-4-7;1-2/h1-4H,5,9H2;2H2,1H3. The number of hydrogen-bond acceptors (Lipinski definition) is 2. The summed E-state index contributed by atoms with van der Waals surface area (Å²) in [6, 6.07) is 7.55. The molecule has 0 spiro atoms. The van der Waals surface area contributed by atoms with E-state index in [1.165, 1.54) is 7.05 Å². The van der Waals surface area contributed by atoms with Crippen LogP contribution in [-0.2, 0) is 6.54 Å². The maximum Gasteiger partial charge on any atom is 0.113 e. The van der Waals surface area contributed by atoms with Gasteiger partial charge in [0.15, 0.2) is 0 Å². The molecule has 0 heterocycles. The third-order valence-electron chi connectivity index (χ3n) is 1.22. The molecule has 3 heteroatoms. The van der Waals surface area contributed by atoms with Gasteiger partial charge in [-0.1, -0.05) is 29.7 Å². The van der Waals surface area contributed by atoms with Crippen LogP contribution in [0, 0.1) is 0 Å². The summed E-state index contributed by atoms with van der Waals surface area (Å²) in [5.41, 5.74) is 11.8. The Morgan fingerprint density at radius 2 is 1.64 bits per heavy atom. The van der Waals surface area contributed by atoms with Crippen LogP contribution in [0.1, 0.15) is 5.56 Å². The van der Waals surface area contributed by atoms with Gasteiger partial charge >= 0.3 is 0 Å². The summed E-state index contributed by atoms with van der Waals surface area (Å²) in [5.74, 6) is 0. The quantitative estimate of drug-likeness (QED) is 0.528. The van der Waals surface area contributed by atoms with Crippen molar-refractivity contribution >= 4 is 13.3 Å². The zero-order valence-corrected chi connectivity index (χ0v) is 6.75. The molecule has 0 fully saturated rings. The van der Waals surface area contributed by atoms with Crippen LogP contribution in [0.4, 0.5) is 0 Å². The van der Waals surface area contributed by atoms with Crippen LogP contribution in [0.15, 0.2) is 24.3 Å². The van der Waals surface area contributed by atoms with Crippen molar-refractivity contribution in [2.45, 2.75) is 6.54 Å². The fourth-order valence-corrected chi connectivity index (χ4v) is 0.654. The summed E-state index contributed by atoms with van der Waals surface area (Å²) < 4.78 is 0. The average Bonchev–Trinajstić information content (AvgIpc) is 2.10. The molecule has 0 aliphatic rings. The summed E-state index contributed by atoms with van der Waals surface area (Å²) in [7, 11) is 6.94. The maximum atomic E-state index is 5.44. The maximum absolute atomic E-state index is 5.44. The molecule has 11 heavy (non-hydrogen) atoms. The largest absolute Gasteiger partial charge is 0.333 e. The van der Waals surface area contributed by atoms with Crippen LogP contribution in [0.3, 0.4) is 0 Å². The molecule has 0 atom stereocenters. The van der Waals surface area contributed by atoms with Crippen LogP contribution in [0.2, 0.25) is 0 Å². The molecule has 0 saturated carbocycles. The molecule has 0 unspecified atom stereocenters. The minimum Gasteiger partial charge on any atom is -0.333 e. The molecule has 0 aliphatic carbocycles. The van der Waals surface area contributed by atoms with Gasteiger partial charge in [-0.3, -0.25) is 0 Å². The van der Waals surface area contributed by atoms with E-state index in [4.69, 9.17) is 13.6 Å². The first-order valence-corrected chi connectivity index (χ1v) is 3.45. The van der Waals surface area contributed by atoms with Crippen molar-refractivity contribution in [3.8, 4) is 0 Å². The minimum atomic E-state index is 0.584. The number of rotatable bonds is 1. The molecule has 2 radical (unpaired) electrons. The summed E-state index contributed by atoms with van der Waals surface area (Å²) in [6.45, 7) is 0.584. The second kappa shape index (κ2) is 5.95. The minimum absolute atomic E-state index is 0.584. The van der Waals surface area contributed by atoms with Crippen molar-refractivity contribution in [1.82, 2.24) is 0 Å². The third kappa shape index (κ3) is 3.81. The topological polar surface area (TPSA) is 52.0 Å². The fourth-order valence-electron chi connectivity index (χ4n) is 0.654. The van der Waals surface area contributed by atoms with Crippen molar-refractivity contribution in [3.63, 3.8) is 0 Å². The Hall–Kier alpha value is -0.795. The van der Waals surface area contributed by atoms with Gasteiger partial charge in [-0.25, -0.2) is 0 Å². The van der Waals surface area contributed by atoms with E-state index in [9.17, 15) is 0 Å². The van der Waals surface area contributed by atoms with E-state index in [2.05, 4.69) is 5.73 Å². The zero-order valence-electron chi connectivity index (χ0n) is 6.75. The lowest BCUT2D eigenvalue weighted by molar-refractivity contribution is 1.07. The number of benzene rings is 1. The SMILES string of the molecule is CN.[B]c1ccc(CN)cc1. The molecular weight excluding hydrogens is 135 g/mol. The molecule has 1 aromatic carbocycles. The smallest absolute Gasteiger partial charge is 0.113 e. The van der Waals surface area contributed by atoms with Gasteiger partial charge in [0.2, 0.25) is 0 Å². The zero-order chi connectivity index (χ0) is 8.69. The van der Waals surface area contributed by atoms with Gasteiger partial charge in [-0.2, -0.15) is 0 Å². The van der Waals surface area contributed by atoms with E-state index in [-0.39, 0.29) is 0 Å². The summed E-state index contributed by atoms with van der Waals surface area (Å²) in [5, 5.41) is 0. The van der Waals surface area contributed by atoms with E-state index < -0.39 is 0 Å². The van der Waals surface area contributed by atoms with Crippen molar-refractivity contribution in [3.05, 3.63) is 29.8 Å². The third-order valence-corrected chi connectivity index (χ3v) is 1.22. The molecule has 0 saturated heterocycles. The highest BCUT2D eigenvalue weighted by atomic mass is 14.5. The van der Waals surface area contributed by atoms with Gasteiger partial charge < -0.3 is 11.5 Å². The molecule has 2 nitrogen and oxygen atoms in total. The molecule has 0 bridgehead atoms. The van der Waals surface area contributed by atoms with Gasteiger partial charge in [0, 0.05) is 6.54 Å². The Morgan fingerprint density at radius 3 is 2.00 bits per heavy atom. The van der Waals surface area contributed by atoms with E-state index in [0.717, 1.165) is 11.0 Å². The Labute approximate surface area is 69.0 Å². The Morgan fingerprint density at radius 1 is 1.18 bits per heavy atom. The summed E-state index contributed by atoms with van der Waals surface area (Å²) >= 11 is 0. The van der Waals surface area contributed by atoms with Crippen molar-refractivity contribution in [2.24, 2.45) is 11.5 Å². The molecule has 58 valence electrons. The first-order valence-electron chi connectivity index (χ1n) is 3.45. The molecule has 0 amide bonds. The van der Waals surface area contributed by atoms with E-state index >= 15 is 0 Å². The average molecular weight is 148 g/mol. The Balaban J connectivity index is 0.000000461. The number of hydrogen-bond donors (Lipinski definition) is 2. The molecule has 0 aromatic heterocycles. The van der Waals surface area contributed by atoms with E-state index in [0.29, 0.717) is 6.54 Å². The van der Waals surface area contributed by atoms with Gasteiger partial charge in [0.25, 0.3) is 0 Å².